The summed E-state index contributed by atoms with van der Waals surface area (Å²) in [5.74, 6) is 1.39. The third kappa shape index (κ3) is 3.11. The van der Waals surface area contributed by atoms with Gasteiger partial charge in [0.2, 0.25) is 0 Å². The molecule has 88 valence electrons. The van der Waals surface area contributed by atoms with Crippen molar-refractivity contribution in [3.63, 3.8) is 0 Å². The van der Waals surface area contributed by atoms with Crippen LogP contribution in [-0.4, -0.2) is 12.1 Å². The number of ether oxygens (including phenoxy) is 1. The van der Waals surface area contributed by atoms with Crippen LogP contribution in [0.5, 0.6) is 5.75 Å². The van der Waals surface area contributed by atoms with Gasteiger partial charge in [0.15, 0.2) is 0 Å². The molecular weight excluding hydrogens is 214 g/mol. The van der Waals surface area contributed by atoms with Crippen molar-refractivity contribution in [3.05, 3.63) is 48.2 Å². The van der Waals surface area contributed by atoms with Gasteiger partial charge in [-0.05, 0) is 29.8 Å². The van der Waals surface area contributed by atoms with Gasteiger partial charge in [0.1, 0.15) is 11.6 Å². The van der Waals surface area contributed by atoms with Crippen LogP contribution in [0.2, 0.25) is 0 Å². The van der Waals surface area contributed by atoms with Crippen molar-refractivity contribution < 1.29 is 4.74 Å². The Morgan fingerprint density at radius 2 is 1.94 bits per heavy atom. The van der Waals surface area contributed by atoms with Crippen LogP contribution in [-0.2, 0) is 6.54 Å². The fraction of sp³-hybridized carbons (Fsp3) is 0.154. The second-order valence-electron chi connectivity index (χ2n) is 3.67. The lowest BCUT2D eigenvalue weighted by Crippen LogP contribution is -2.00. The third-order valence-corrected chi connectivity index (χ3v) is 2.44. The number of hydrogen-bond donors (Lipinski definition) is 2. The SMILES string of the molecule is COc1ccc(CNc2ccc(N)nc2)cc1. The first-order chi connectivity index (χ1) is 8.28. The van der Waals surface area contributed by atoms with Gasteiger partial charge in [-0.15, -0.1) is 0 Å². The Balaban J connectivity index is 1.95. The summed E-state index contributed by atoms with van der Waals surface area (Å²) < 4.78 is 5.10. The van der Waals surface area contributed by atoms with Gasteiger partial charge in [0.25, 0.3) is 0 Å². The second-order valence-corrected chi connectivity index (χ2v) is 3.67. The molecule has 0 unspecified atom stereocenters. The first-order valence-electron chi connectivity index (χ1n) is 5.36. The molecule has 3 N–H and O–H groups in total. The van der Waals surface area contributed by atoms with E-state index in [0.29, 0.717) is 5.82 Å². The normalized spacial score (nSPS) is 9.94. The molecule has 0 saturated carbocycles. The summed E-state index contributed by atoms with van der Waals surface area (Å²) in [5.41, 5.74) is 7.65. The molecule has 0 aliphatic carbocycles. The standard InChI is InChI=1S/C13H15N3O/c1-17-12-5-2-10(3-6-12)8-15-11-4-7-13(14)16-9-11/h2-7,9,15H,8H2,1H3,(H2,14,16). The van der Waals surface area contributed by atoms with Crippen LogP contribution >= 0.6 is 0 Å². The topological polar surface area (TPSA) is 60.2 Å². The van der Waals surface area contributed by atoms with Crippen molar-refractivity contribution in [1.82, 2.24) is 4.98 Å². The lowest BCUT2D eigenvalue weighted by Gasteiger charge is -2.07. The zero-order chi connectivity index (χ0) is 12.1. The van der Waals surface area contributed by atoms with Gasteiger partial charge in [-0.1, -0.05) is 12.1 Å². The molecule has 0 bridgehead atoms. The van der Waals surface area contributed by atoms with E-state index in [1.54, 1.807) is 19.4 Å². The molecule has 1 heterocycles. The van der Waals surface area contributed by atoms with E-state index >= 15 is 0 Å². The van der Waals surface area contributed by atoms with Gasteiger partial charge >= 0.3 is 0 Å². The summed E-state index contributed by atoms with van der Waals surface area (Å²) >= 11 is 0. The van der Waals surface area contributed by atoms with Gasteiger partial charge in [-0.2, -0.15) is 0 Å². The highest BCUT2D eigenvalue weighted by Crippen LogP contribution is 2.13. The number of methoxy groups -OCH3 is 1. The number of hydrogen-bond acceptors (Lipinski definition) is 4. The fourth-order valence-corrected chi connectivity index (χ4v) is 1.46. The molecule has 0 atom stereocenters. The summed E-state index contributed by atoms with van der Waals surface area (Å²) in [6.07, 6.45) is 1.72. The monoisotopic (exact) mass is 229 g/mol. The molecule has 4 heteroatoms. The van der Waals surface area contributed by atoms with Crippen molar-refractivity contribution in [2.45, 2.75) is 6.54 Å². The van der Waals surface area contributed by atoms with Crippen LogP contribution in [0.4, 0.5) is 11.5 Å². The second kappa shape index (κ2) is 5.21. The van der Waals surface area contributed by atoms with E-state index in [1.807, 2.05) is 30.3 Å². The number of pyridine rings is 1. The molecule has 1 aromatic heterocycles. The molecule has 0 spiro atoms. The number of nitrogen functional groups attached to an aromatic ring is 1. The Labute approximate surface area is 100 Å². The third-order valence-electron chi connectivity index (χ3n) is 2.44. The van der Waals surface area contributed by atoms with E-state index < -0.39 is 0 Å². The summed E-state index contributed by atoms with van der Waals surface area (Å²) in [6, 6.07) is 11.6. The summed E-state index contributed by atoms with van der Waals surface area (Å²) in [5, 5.41) is 3.27. The van der Waals surface area contributed by atoms with Crippen molar-refractivity contribution in [3.8, 4) is 5.75 Å². The van der Waals surface area contributed by atoms with Crippen LogP contribution in [0.15, 0.2) is 42.6 Å². The van der Waals surface area contributed by atoms with E-state index in [-0.39, 0.29) is 0 Å². The van der Waals surface area contributed by atoms with Gasteiger partial charge in [0, 0.05) is 6.54 Å². The Kier molecular flexibility index (Phi) is 3.45. The van der Waals surface area contributed by atoms with Crippen LogP contribution in [0.3, 0.4) is 0 Å². The molecule has 2 aromatic rings. The van der Waals surface area contributed by atoms with Crippen molar-refractivity contribution in [1.29, 1.82) is 0 Å². The average molecular weight is 229 g/mol. The van der Waals surface area contributed by atoms with Gasteiger partial charge < -0.3 is 15.8 Å². The fourth-order valence-electron chi connectivity index (χ4n) is 1.46. The molecule has 0 fully saturated rings. The molecule has 2 rings (SSSR count). The number of nitrogens with zero attached hydrogens (tertiary/aromatic N) is 1. The first kappa shape index (κ1) is 11.3. The maximum Gasteiger partial charge on any atom is 0.123 e. The number of rotatable bonds is 4. The average Bonchev–Trinajstić information content (AvgIpc) is 2.39. The molecule has 0 saturated heterocycles. The highest BCUT2D eigenvalue weighted by Gasteiger charge is 1.96. The Bertz CT molecular complexity index is 465. The first-order valence-corrected chi connectivity index (χ1v) is 5.36. The minimum absolute atomic E-state index is 0.528. The minimum atomic E-state index is 0.528. The van der Waals surface area contributed by atoms with Crippen LogP contribution in [0, 0.1) is 0 Å². The van der Waals surface area contributed by atoms with Crippen LogP contribution in [0.1, 0.15) is 5.56 Å². The summed E-state index contributed by atoms with van der Waals surface area (Å²) in [7, 11) is 1.66. The zero-order valence-electron chi connectivity index (χ0n) is 9.68. The van der Waals surface area contributed by atoms with Crippen LogP contribution in [0.25, 0.3) is 0 Å². The predicted octanol–water partition coefficient (Wildman–Crippen LogP) is 2.28. The number of nitrogens with two attached hydrogens (primary N) is 1. The minimum Gasteiger partial charge on any atom is -0.497 e. The van der Waals surface area contributed by atoms with E-state index in [9.17, 15) is 0 Å². The maximum atomic E-state index is 5.51. The van der Waals surface area contributed by atoms with Gasteiger partial charge in [-0.25, -0.2) is 4.98 Å². The molecule has 0 amide bonds. The molecular formula is C13H15N3O. The van der Waals surface area contributed by atoms with Crippen molar-refractivity contribution >= 4 is 11.5 Å². The Morgan fingerprint density at radius 3 is 2.53 bits per heavy atom. The molecule has 17 heavy (non-hydrogen) atoms. The molecule has 0 aliphatic heterocycles. The molecule has 1 aromatic carbocycles. The summed E-state index contributed by atoms with van der Waals surface area (Å²) in [6.45, 7) is 0.746. The molecule has 4 nitrogen and oxygen atoms in total. The van der Waals surface area contributed by atoms with Crippen molar-refractivity contribution in [2.75, 3.05) is 18.2 Å². The van der Waals surface area contributed by atoms with Gasteiger partial charge in [-0.3, -0.25) is 0 Å². The van der Waals surface area contributed by atoms with Gasteiger partial charge in [0.05, 0.1) is 19.0 Å². The van der Waals surface area contributed by atoms with E-state index in [0.717, 1.165) is 18.0 Å². The molecule has 0 radical (unpaired) electrons. The number of benzene rings is 1. The maximum absolute atomic E-state index is 5.51. The highest BCUT2D eigenvalue weighted by molar-refractivity contribution is 5.45. The highest BCUT2D eigenvalue weighted by atomic mass is 16.5. The quantitative estimate of drug-likeness (QED) is 0.844. The Morgan fingerprint density at radius 1 is 1.18 bits per heavy atom. The Hall–Kier alpha value is -2.23. The zero-order valence-corrected chi connectivity index (χ0v) is 9.68. The van der Waals surface area contributed by atoms with Crippen molar-refractivity contribution in [2.24, 2.45) is 0 Å². The van der Waals surface area contributed by atoms with E-state index in [4.69, 9.17) is 10.5 Å². The van der Waals surface area contributed by atoms with E-state index in [1.165, 1.54) is 5.56 Å². The molecule has 0 aliphatic rings. The lowest BCUT2D eigenvalue weighted by molar-refractivity contribution is 0.414. The summed E-state index contributed by atoms with van der Waals surface area (Å²) in [4.78, 5) is 4.01. The number of anilines is 2. The number of nitrogens with one attached hydrogen (secondary N) is 1. The number of aromatic nitrogens is 1. The lowest BCUT2D eigenvalue weighted by atomic mass is 10.2. The van der Waals surface area contributed by atoms with Crippen LogP contribution < -0.4 is 15.8 Å². The smallest absolute Gasteiger partial charge is 0.123 e. The predicted molar refractivity (Wildman–Crippen MR) is 69.0 cm³/mol. The largest absolute Gasteiger partial charge is 0.497 e. The van der Waals surface area contributed by atoms with E-state index in [2.05, 4.69) is 10.3 Å².